The van der Waals surface area contributed by atoms with Crippen molar-refractivity contribution < 1.29 is 13.7 Å². The lowest BCUT2D eigenvalue weighted by molar-refractivity contribution is -0.133. The van der Waals surface area contributed by atoms with Crippen molar-refractivity contribution in [3.63, 3.8) is 0 Å². The Bertz CT molecular complexity index is 832. The van der Waals surface area contributed by atoms with Crippen LogP contribution in [0.5, 0.6) is 0 Å². The summed E-state index contributed by atoms with van der Waals surface area (Å²) in [6, 6.07) is 6.62. The van der Waals surface area contributed by atoms with Crippen molar-refractivity contribution in [2.75, 3.05) is 46.3 Å². The molecule has 162 valence electrons. The highest BCUT2D eigenvalue weighted by atomic mass is 19.1. The minimum atomic E-state index is -0.298. The molecule has 0 N–H and O–H groups in total. The van der Waals surface area contributed by atoms with Crippen LogP contribution >= 0.6 is 0 Å². The first kappa shape index (κ1) is 20.9. The van der Waals surface area contributed by atoms with Crippen molar-refractivity contribution in [1.29, 1.82) is 0 Å². The fourth-order valence-electron chi connectivity index (χ4n) is 4.40. The zero-order valence-electron chi connectivity index (χ0n) is 17.6. The monoisotopic (exact) mass is 415 g/mol. The Kier molecular flexibility index (Phi) is 6.74. The SMILES string of the molecule is CN1CCCC(N2CCN(C(=O)CCCc3nc(-c4ccc(F)cc4)no3)CC2)C1. The van der Waals surface area contributed by atoms with Gasteiger partial charge in [-0.25, -0.2) is 4.39 Å². The molecule has 1 aromatic carbocycles. The van der Waals surface area contributed by atoms with E-state index in [-0.39, 0.29) is 11.7 Å². The van der Waals surface area contributed by atoms with E-state index in [0.29, 0.717) is 42.6 Å². The van der Waals surface area contributed by atoms with E-state index in [0.717, 1.165) is 32.7 Å². The number of benzene rings is 1. The number of hydrogen-bond donors (Lipinski definition) is 0. The summed E-state index contributed by atoms with van der Waals surface area (Å²) >= 11 is 0. The largest absolute Gasteiger partial charge is 0.340 e. The highest BCUT2D eigenvalue weighted by Gasteiger charge is 2.28. The number of amides is 1. The van der Waals surface area contributed by atoms with E-state index in [9.17, 15) is 9.18 Å². The molecule has 2 aliphatic rings. The summed E-state index contributed by atoms with van der Waals surface area (Å²) in [5, 5.41) is 3.95. The second-order valence-electron chi connectivity index (χ2n) is 8.35. The maximum absolute atomic E-state index is 13.0. The van der Waals surface area contributed by atoms with Crippen molar-refractivity contribution in [1.82, 2.24) is 24.8 Å². The number of halogens is 1. The molecule has 2 saturated heterocycles. The third kappa shape index (κ3) is 5.23. The van der Waals surface area contributed by atoms with Crippen LogP contribution in [-0.4, -0.2) is 83.1 Å². The van der Waals surface area contributed by atoms with Crippen molar-refractivity contribution in [2.45, 2.75) is 38.1 Å². The maximum Gasteiger partial charge on any atom is 0.226 e. The number of piperidine rings is 1. The van der Waals surface area contributed by atoms with Gasteiger partial charge in [-0.1, -0.05) is 5.16 Å². The lowest BCUT2D eigenvalue weighted by atomic mass is 10.0. The van der Waals surface area contributed by atoms with Gasteiger partial charge in [0.2, 0.25) is 17.6 Å². The van der Waals surface area contributed by atoms with Crippen LogP contribution in [0.25, 0.3) is 11.4 Å². The van der Waals surface area contributed by atoms with Gasteiger partial charge < -0.3 is 14.3 Å². The molecule has 3 heterocycles. The van der Waals surface area contributed by atoms with E-state index in [1.54, 1.807) is 12.1 Å². The average molecular weight is 416 g/mol. The Morgan fingerprint density at radius 2 is 1.93 bits per heavy atom. The zero-order chi connectivity index (χ0) is 20.9. The van der Waals surface area contributed by atoms with E-state index >= 15 is 0 Å². The third-order valence-corrected chi connectivity index (χ3v) is 6.13. The van der Waals surface area contributed by atoms with Crippen molar-refractivity contribution in [3.05, 3.63) is 36.0 Å². The molecule has 0 spiro atoms. The summed E-state index contributed by atoms with van der Waals surface area (Å²) in [4.78, 5) is 23.9. The second-order valence-corrected chi connectivity index (χ2v) is 8.35. The number of nitrogens with zero attached hydrogens (tertiary/aromatic N) is 5. The average Bonchev–Trinajstić information content (AvgIpc) is 3.23. The summed E-state index contributed by atoms with van der Waals surface area (Å²) in [5.41, 5.74) is 0.713. The molecule has 30 heavy (non-hydrogen) atoms. The highest BCUT2D eigenvalue weighted by Crippen LogP contribution is 2.19. The van der Waals surface area contributed by atoms with Crippen LogP contribution in [0.2, 0.25) is 0 Å². The molecular weight excluding hydrogens is 385 g/mol. The summed E-state index contributed by atoms with van der Waals surface area (Å²) < 4.78 is 18.3. The molecule has 0 radical (unpaired) electrons. The van der Waals surface area contributed by atoms with E-state index in [1.807, 2.05) is 4.90 Å². The molecular formula is C22H30FN5O2. The predicted octanol–water partition coefficient (Wildman–Crippen LogP) is 2.44. The molecule has 2 aliphatic heterocycles. The van der Waals surface area contributed by atoms with Gasteiger partial charge in [0.25, 0.3) is 0 Å². The van der Waals surface area contributed by atoms with Crippen LogP contribution in [-0.2, 0) is 11.2 Å². The first-order valence-electron chi connectivity index (χ1n) is 10.9. The summed E-state index contributed by atoms with van der Waals surface area (Å²) in [7, 11) is 2.19. The van der Waals surface area contributed by atoms with Gasteiger partial charge in [-0.3, -0.25) is 9.69 Å². The van der Waals surface area contributed by atoms with Gasteiger partial charge >= 0.3 is 0 Å². The first-order chi connectivity index (χ1) is 14.6. The van der Waals surface area contributed by atoms with Crippen molar-refractivity contribution in [3.8, 4) is 11.4 Å². The Morgan fingerprint density at radius 1 is 1.17 bits per heavy atom. The lowest BCUT2D eigenvalue weighted by Crippen LogP contribution is -2.55. The number of carbonyl (C=O) groups is 1. The van der Waals surface area contributed by atoms with Gasteiger partial charge in [-0.2, -0.15) is 4.98 Å². The number of hydrogen-bond acceptors (Lipinski definition) is 6. The molecule has 8 heteroatoms. The molecule has 1 aromatic heterocycles. The number of aryl methyl sites for hydroxylation is 1. The zero-order valence-corrected chi connectivity index (χ0v) is 17.6. The van der Waals surface area contributed by atoms with E-state index in [4.69, 9.17) is 4.52 Å². The molecule has 1 amide bonds. The van der Waals surface area contributed by atoms with Gasteiger partial charge in [0.15, 0.2) is 0 Å². The predicted molar refractivity (Wildman–Crippen MR) is 111 cm³/mol. The molecule has 1 atom stereocenters. The van der Waals surface area contributed by atoms with Gasteiger partial charge in [0.05, 0.1) is 0 Å². The third-order valence-electron chi connectivity index (χ3n) is 6.13. The van der Waals surface area contributed by atoms with Crippen LogP contribution in [0.4, 0.5) is 4.39 Å². The van der Waals surface area contributed by atoms with Gasteiger partial charge in [0, 0.05) is 57.2 Å². The van der Waals surface area contributed by atoms with Crippen LogP contribution in [0.15, 0.2) is 28.8 Å². The Hall–Kier alpha value is -2.32. The Balaban J connectivity index is 1.19. The minimum absolute atomic E-state index is 0.202. The number of aromatic nitrogens is 2. The van der Waals surface area contributed by atoms with E-state index in [2.05, 4.69) is 27.0 Å². The molecule has 4 rings (SSSR count). The number of likely N-dealkylation sites (N-methyl/N-ethyl adjacent to an activating group) is 1. The van der Waals surface area contributed by atoms with E-state index < -0.39 is 0 Å². The topological polar surface area (TPSA) is 65.7 Å². The van der Waals surface area contributed by atoms with Crippen LogP contribution in [0, 0.1) is 5.82 Å². The molecule has 2 fully saturated rings. The summed E-state index contributed by atoms with van der Waals surface area (Å²) in [6.45, 7) is 5.89. The fraction of sp³-hybridized carbons (Fsp3) is 0.591. The van der Waals surface area contributed by atoms with E-state index in [1.165, 1.54) is 31.5 Å². The molecule has 0 aliphatic carbocycles. The molecule has 2 aromatic rings. The van der Waals surface area contributed by atoms with Gasteiger partial charge in [-0.15, -0.1) is 0 Å². The summed E-state index contributed by atoms with van der Waals surface area (Å²) in [5.74, 6) is 0.857. The normalized spacial score (nSPS) is 21.1. The second kappa shape index (κ2) is 9.66. The molecule has 1 unspecified atom stereocenters. The smallest absolute Gasteiger partial charge is 0.226 e. The number of piperazine rings is 1. The summed E-state index contributed by atoms with van der Waals surface area (Å²) in [6.07, 6.45) is 4.26. The minimum Gasteiger partial charge on any atom is -0.340 e. The number of carbonyl (C=O) groups excluding carboxylic acids is 1. The molecule has 0 bridgehead atoms. The lowest BCUT2D eigenvalue weighted by Gasteiger charge is -2.42. The Morgan fingerprint density at radius 3 is 2.67 bits per heavy atom. The molecule has 0 saturated carbocycles. The standard InChI is InChI=1S/C22H30FN5O2/c1-26-11-3-4-19(16-26)27-12-14-28(15-13-27)21(29)6-2-5-20-24-22(25-30-20)17-7-9-18(23)10-8-17/h7-10,19H,2-6,11-16H2,1H3. The number of likely N-dealkylation sites (tertiary alicyclic amines) is 1. The quantitative estimate of drug-likeness (QED) is 0.722. The fourth-order valence-corrected chi connectivity index (χ4v) is 4.40. The Labute approximate surface area is 176 Å². The van der Waals surface area contributed by atoms with Crippen molar-refractivity contribution in [2.24, 2.45) is 0 Å². The first-order valence-corrected chi connectivity index (χ1v) is 10.9. The van der Waals surface area contributed by atoms with Gasteiger partial charge in [0.1, 0.15) is 5.82 Å². The molecule has 7 nitrogen and oxygen atoms in total. The highest BCUT2D eigenvalue weighted by molar-refractivity contribution is 5.76. The van der Waals surface area contributed by atoms with Crippen LogP contribution in [0.3, 0.4) is 0 Å². The number of rotatable bonds is 6. The van der Waals surface area contributed by atoms with Crippen LogP contribution in [0.1, 0.15) is 31.6 Å². The van der Waals surface area contributed by atoms with Crippen LogP contribution < -0.4 is 0 Å². The maximum atomic E-state index is 13.0. The van der Waals surface area contributed by atoms with Gasteiger partial charge in [-0.05, 0) is 57.1 Å². The van der Waals surface area contributed by atoms with Crippen molar-refractivity contribution >= 4 is 5.91 Å².